The van der Waals surface area contributed by atoms with Gasteiger partial charge < -0.3 is 20.5 Å². The molecule has 4 heterocycles. The molecule has 1 saturated carbocycles. The van der Waals surface area contributed by atoms with Gasteiger partial charge in [0.2, 0.25) is 0 Å². The van der Waals surface area contributed by atoms with Gasteiger partial charge in [0.05, 0.1) is 13.2 Å². The number of likely N-dealkylation sites (tertiary alicyclic amines) is 1. The Balaban J connectivity index is 1.36. The highest BCUT2D eigenvalue weighted by atomic mass is 19.1. The fraction of sp³-hybridized carbons (Fsp3) is 0.367. The van der Waals surface area contributed by atoms with Crippen LogP contribution >= 0.6 is 0 Å². The minimum atomic E-state index is -0.662. The molecule has 2 aliphatic rings. The van der Waals surface area contributed by atoms with Crippen LogP contribution in [0.2, 0.25) is 0 Å². The number of hydrogen-bond acceptors (Lipinski definition) is 8. The third-order valence-corrected chi connectivity index (χ3v) is 7.70. The second-order valence-corrected chi connectivity index (χ2v) is 11.9. The zero-order valence-electron chi connectivity index (χ0n) is 23.8. The first-order chi connectivity index (χ1) is 20.0. The molecule has 218 valence electrons. The number of rotatable bonds is 5. The van der Waals surface area contributed by atoms with E-state index in [1.165, 1.54) is 25.4 Å². The number of methoxy groups -OCH3 is 1. The maximum atomic E-state index is 15.7. The highest BCUT2D eigenvalue weighted by Crippen LogP contribution is 2.58. The molecule has 0 radical (unpaired) electrons. The number of imidazole rings is 1. The van der Waals surface area contributed by atoms with Crippen molar-refractivity contribution in [2.45, 2.75) is 51.7 Å². The van der Waals surface area contributed by atoms with Crippen molar-refractivity contribution >= 4 is 29.2 Å². The highest BCUT2D eigenvalue weighted by molar-refractivity contribution is 6.04. The lowest BCUT2D eigenvalue weighted by Gasteiger charge is -2.28. The van der Waals surface area contributed by atoms with Crippen molar-refractivity contribution < 1.29 is 23.5 Å². The predicted octanol–water partition coefficient (Wildman–Crippen LogP) is 5.24. The Morgan fingerprint density at radius 3 is 2.62 bits per heavy atom. The number of benzene rings is 1. The summed E-state index contributed by atoms with van der Waals surface area (Å²) in [5.74, 6) is 0.313. The largest absolute Gasteiger partial charge is 0.497 e. The van der Waals surface area contributed by atoms with E-state index < -0.39 is 29.5 Å². The molecule has 1 aliphatic carbocycles. The van der Waals surface area contributed by atoms with Gasteiger partial charge >= 0.3 is 6.09 Å². The van der Waals surface area contributed by atoms with E-state index in [1.807, 2.05) is 20.8 Å². The first-order valence-electron chi connectivity index (χ1n) is 13.7. The first-order valence-corrected chi connectivity index (χ1v) is 13.7. The van der Waals surface area contributed by atoms with Crippen LogP contribution in [0, 0.1) is 11.2 Å². The van der Waals surface area contributed by atoms with Gasteiger partial charge in [-0.2, -0.15) is 0 Å². The van der Waals surface area contributed by atoms with Gasteiger partial charge in [-0.1, -0.05) is 0 Å². The summed E-state index contributed by atoms with van der Waals surface area (Å²) in [7, 11) is 1.51. The Morgan fingerprint density at radius 1 is 1.14 bits per heavy atom. The van der Waals surface area contributed by atoms with Crippen molar-refractivity contribution in [2.75, 3.05) is 24.7 Å². The van der Waals surface area contributed by atoms with Gasteiger partial charge in [0, 0.05) is 42.3 Å². The lowest BCUT2D eigenvalue weighted by atomic mass is 10.0. The average molecular weight is 574 g/mol. The number of ether oxygens (including phenoxy) is 2. The summed E-state index contributed by atoms with van der Waals surface area (Å²) < 4.78 is 28.4. The lowest BCUT2D eigenvalue weighted by Crippen LogP contribution is -2.37. The number of amides is 2. The normalized spacial score (nSPS) is 17.5. The van der Waals surface area contributed by atoms with Gasteiger partial charge in [0.15, 0.2) is 0 Å². The Labute approximate surface area is 241 Å². The van der Waals surface area contributed by atoms with Crippen LogP contribution in [0.3, 0.4) is 0 Å². The monoisotopic (exact) mass is 573 g/mol. The molecular formula is C30H32FN7O4. The molecule has 1 saturated heterocycles. The number of fused-ring (bicyclic) bond motifs is 1. The van der Waals surface area contributed by atoms with Gasteiger partial charge in [-0.05, 0) is 69.7 Å². The molecule has 11 nitrogen and oxygen atoms in total. The molecule has 1 aliphatic heterocycles. The fourth-order valence-electron chi connectivity index (χ4n) is 5.49. The van der Waals surface area contributed by atoms with E-state index in [4.69, 9.17) is 20.2 Å². The molecule has 3 aromatic heterocycles. The summed E-state index contributed by atoms with van der Waals surface area (Å²) in [6.07, 6.45) is 7.10. The van der Waals surface area contributed by atoms with Crippen molar-refractivity contribution in [3.63, 3.8) is 0 Å². The van der Waals surface area contributed by atoms with Crippen LogP contribution in [0.25, 0.3) is 16.8 Å². The topological polar surface area (TPSA) is 137 Å². The maximum absolute atomic E-state index is 15.7. The Bertz CT molecular complexity index is 1710. The van der Waals surface area contributed by atoms with E-state index in [1.54, 1.807) is 33.8 Å². The van der Waals surface area contributed by atoms with Crippen molar-refractivity contribution in [1.29, 1.82) is 0 Å². The van der Waals surface area contributed by atoms with E-state index in [0.29, 0.717) is 30.1 Å². The van der Waals surface area contributed by atoms with Crippen LogP contribution in [0.15, 0.2) is 48.9 Å². The lowest BCUT2D eigenvalue weighted by molar-refractivity contribution is 0.0211. The third-order valence-electron chi connectivity index (χ3n) is 7.70. The predicted molar refractivity (Wildman–Crippen MR) is 154 cm³/mol. The van der Waals surface area contributed by atoms with Gasteiger partial charge in [-0.25, -0.2) is 24.1 Å². The van der Waals surface area contributed by atoms with Crippen LogP contribution in [0.5, 0.6) is 5.75 Å². The summed E-state index contributed by atoms with van der Waals surface area (Å²) in [5.41, 5.74) is 6.62. The number of nitrogens with two attached hydrogens (primary N) is 1. The molecule has 0 unspecified atom stereocenters. The van der Waals surface area contributed by atoms with Crippen molar-refractivity contribution in [3.05, 3.63) is 66.1 Å². The zero-order valence-corrected chi connectivity index (χ0v) is 23.8. The van der Waals surface area contributed by atoms with Crippen LogP contribution < -0.4 is 15.8 Å². The standard InChI is InChI=1S/C30H32FN7O4/c1-29(2,3)42-28(40)38-16-30(8-9-30)15-21(38)26-36-23(24-25(32)34-11-12-37(24)26)19-6-5-17(13-20(19)31)27(39)35-22-14-18(41-4)7-10-33-22/h5-7,10-14,21H,8-9,15-16H2,1-4H3,(H2,32,34)(H,33,35,39)/t21-/m0/s1. The van der Waals surface area contributed by atoms with E-state index in [0.717, 1.165) is 18.9 Å². The molecule has 2 amide bonds. The van der Waals surface area contributed by atoms with E-state index >= 15 is 4.39 Å². The fourth-order valence-corrected chi connectivity index (χ4v) is 5.49. The SMILES string of the molecule is COc1ccnc(NC(=O)c2ccc(-c3nc([C@@H]4CC5(CC5)CN4C(=O)OC(C)(C)C)n4ccnc(N)c34)c(F)c2)c1. The number of aromatic nitrogens is 4. The van der Waals surface area contributed by atoms with Crippen molar-refractivity contribution in [2.24, 2.45) is 5.41 Å². The molecule has 6 rings (SSSR count). The number of nitrogen functional groups attached to an aromatic ring is 1. The molecule has 4 aromatic rings. The Kier molecular flexibility index (Phi) is 6.51. The van der Waals surface area contributed by atoms with Crippen molar-refractivity contribution in [1.82, 2.24) is 24.3 Å². The van der Waals surface area contributed by atoms with Crippen LogP contribution in [-0.4, -0.2) is 55.5 Å². The van der Waals surface area contributed by atoms with E-state index in [-0.39, 0.29) is 33.9 Å². The molecule has 3 N–H and O–H groups in total. The molecule has 0 bridgehead atoms. The Hall–Kier alpha value is -4.74. The second-order valence-electron chi connectivity index (χ2n) is 11.9. The van der Waals surface area contributed by atoms with Gasteiger partial charge in [-0.3, -0.25) is 14.1 Å². The smallest absolute Gasteiger partial charge is 0.410 e. The molecule has 1 aromatic carbocycles. The number of hydrogen-bond donors (Lipinski definition) is 2. The third kappa shape index (κ3) is 5.08. The highest BCUT2D eigenvalue weighted by Gasteiger charge is 2.55. The molecule has 12 heteroatoms. The number of halogens is 1. The number of carbonyl (C=O) groups is 2. The number of nitrogens with one attached hydrogen (secondary N) is 1. The van der Waals surface area contributed by atoms with E-state index in [2.05, 4.69) is 15.3 Å². The van der Waals surface area contributed by atoms with Gasteiger partial charge in [0.1, 0.15) is 45.8 Å². The number of carbonyl (C=O) groups excluding carboxylic acids is 2. The number of anilines is 2. The van der Waals surface area contributed by atoms with Crippen LogP contribution in [0.4, 0.5) is 20.8 Å². The summed E-state index contributed by atoms with van der Waals surface area (Å²) in [6.45, 7) is 6.06. The zero-order chi connectivity index (χ0) is 29.8. The first kappa shape index (κ1) is 27.4. The summed E-state index contributed by atoms with van der Waals surface area (Å²) in [4.78, 5) is 41.1. The van der Waals surface area contributed by atoms with Crippen LogP contribution in [-0.2, 0) is 4.74 Å². The second kappa shape index (κ2) is 9.97. The molecule has 1 spiro atoms. The number of pyridine rings is 1. The molecular weight excluding hydrogens is 541 g/mol. The average Bonchev–Trinajstić information content (AvgIpc) is 3.41. The number of nitrogens with zero attached hydrogens (tertiary/aromatic N) is 5. The quantitative estimate of drug-likeness (QED) is 0.331. The minimum Gasteiger partial charge on any atom is -0.497 e. The maximum Gasteiger partial charge on any atom is 0.410 e. The van der Waals surface area contributed by atoms with Crippen molar-refractivity contribution in [3.8, 4) is 17.0 Å². The van der Waals surface area contributed by atoms with E-state index in [9.17, 15) is 9.59 Å². The minimum absolute atomic E-state index is 0.0318. The molecule has 42 heavy (non-hydrogen) atoms. The van der Waals surface area contributed by atoms with Crippen LogP contribution in [0.1, 0.15) is 62.3 Å². The summed E-state index contributed by atoms with van der Waals surface area (Å²) in [6, 6.07) is 6.96. The Morgan fingerprint density at radius 2 is 1.93 bits per heavy atom. The van der Waals surface area contributed by atoms with Gasteiger partial charge in [-0.15, -0.1) is 0 Å². The molecule has 2 fully saturated rings. The summed E-state index contributed by atoms with van der Waals surface area (Å²) >= 11 is 0. The summed E-state index contributed by atoms with van der Waals surface area (Å²) in [5, 5.41) is 2.65. The van der Waals surface area contributed by atoms with Gasteiger partial charge in [0.25, 0.3) is 5.91 Å². The molecule has 1 atom stereocenters.